The summed E-state index contributed by atoms with van der Waals surface area (Å²) >= 11 is 3.33. The van der Waals surface area contributed by atoms with Gasteiger partial charge in [0.15, 0.2) is 0 Å². The second-order valence-electron chi connectivity index (χ2n) is 4.51. The molecule has 102 valence electrons. The Labute approximate surface area is 127 Å². The monoisotopic (exact) mass is 329 g/mol. The highest BCUT2D eigenvalue weighted by Crippen LogP contribution is 2.16. The lowest BCUT2D eigenvalue weighted by molar-refractivity contribution is -0.117. The van der Waals surface area contributed by atoms with Crippen LogP contribution in [0.25, 0.3) is 6.08 Å². The quantitative estimate of drug-likeness (QED) is 0.832. The minimum absolute atomic E-state index is 0.0274. The van der Waals surface area contributed by atoms with Crippen LogP contribution in [0.15, 0.2) is 65.1 Å². The molecule has 0 aliphatic rings. The van der Waals surface area contributed by atoms with E-state index >= 15 is 0 Å². The molecule has 3 heteroatoms. The molecule has 0 fully saturated rings. The normalized spacial score (nSPS) is 12.8. The molecule has 0 aromatic heterocycles. The summed E-state index contributed by atoms with van der Waals surface area (Å²) in [4.78, 5) is 12.1. The van der Waals surface area contributed by atoms with E-state index in [4.69, 9.17) is 0 Å². The number of halogens is 1. The molecule has 0 saturated carbocycles. The molecule has 2 aromatic carbocycles. The maximum Gasteiger partial charge on any atom is 0.258 e. The number of carbonyl (C=O) groups excluding carboxylic acids is 1. The zero-order chi connectivity index (χ0) is 14.4. The van der Waals surface area contributed by atoms with Crippen LogP contribution in [0.4, 0.5) is 0 Å². The van der Waals surface area contributed by atoms with Crippen molar-refractivity contribution in [1.82, 2.24) is 5.32 Å². The van der Waals surface area contributed by atoms with Crippen LogP contribution in [0.5, 0.6) is 0 Å². The Kier molecular flexibility index (Phi) is 5.13. The number of benzene rings is 2. The molecule has 0 aliphatic carbocycles. The molecule has 0 aliphatic heterocycles. The third-order valence-corrected chi connectivity index (χ3v) is 3.55. The second kappa shape index (κ2) is 7.06. The van der Waals surface area contributed by atoms with Crippen molar-refractivity contribution < 1.29 is 4.79 Å². The van der Waals surface area contributed by atoms with E-state index in [1.807, 2.05) is 73.7 Å². The Morgan fingerprint density at radius 3 is 2.20 bits per heavy atom. The highest BCUT2D eigenvalue weighted by atomic mass is 79.9. The summed E-state index contributed by atoms with van der Waals surface area (Å²) in [7, 11) is 0. The van der Waals surface area contributed by atoms with Crippen LogP contribution in [0.1, 0.15) is 24.1 Å². The molecule has 2 aromatic rings. The number of carbonyl (C=O) groups is 1. The Hall–Kier alpha value is -1.87. The van der Waals surface area contributed by atoms with Crippen molar-refractivity contribution in [2.75, 3.05) is 0 Å². The Morgan fingerprint density at radius 2 is 1.60 bits per heavy atom. The first-order chi connectivity index (χ1) is 9.66. The average Bonchev–Trinajstić information content (AvgIpc) is 2.49. The van der Waals surface area contributed by atoms with Gasteiger partial charge in [0, 0.05) is 0 Å². The smallest absolute Gasteiger partial charge is 0.258 e. The van der Waals surface area contributed by atoms with Gasteiger partial charge < -0.3 is 5.32 Å². The molecular formula is C17H16BrNO. The molecular weight excluding hydrogens is 314 g/mol. The summed E-state index contributed by atoms with van der Waals surface area (Å²) in [5, 5.41) is 2.96. The van der Waals surface area contributed by atoms with Crippen molar-refractivity contribution in [3.63, 3.8) is 0 Å². The number of nitrogens with one attached hydrogen (secondary N) is 1. The van der Waals surface area contributed by atoms with Crippen LogP contribution in [0.2, 0.25) is 0 Å². The number of hydrogen-bond acceptors (Lipinski definition) is 1. The molecule has 0 bridgehead atoms. The predicted octanol–water partition coefficient (Wildman–Crippen LogP) is 4.30. The third kappa shape index (κ3) is 4.07. The van der Waals surface area contributed by atoms with Gasteiger partial charge in [0.2, 0.25) is 0 Å². The van der Waals surface area contributed by atoms with Crippen molar-refractivity contribution >= 4 is 27.9 Å². The number of hydrogen-bond donors (Lipinski definition) is 1. The zero-order valence-electron chi connectivity index (χ0n) is 11.2. The fourth-order valence-electron chi connectivity index (χ4n) is 1.85. The van der Waals surface area contributed by atoms with Gasteiger partial charge in [-0.3, -0.25) is 4.79 Å². The van der Waals surface area contributed by atoms with Crippen molar-refractivity contribution in [3.05, 3.63) is 76.3 Å². The topological polar surface area (TPSA) is 29.1 Å². The molecule has 1 amide bonds. The molecule has 2 rings (SSSR count). The van der Waals surface area contributed by atoms with Gasteiger partial charge in [0.05, 0.1) is 10.5 Å². The highest BCUT2D eigenvalue weighted by Gasteiger charge is 2.11. The lowest BCUT2D eigenvalue weighted by atomic mass is 10.1. The SMILES string of the molecule is C[C@@H](NC(=O)/C(Br)=C/c1ccccc1)c1ccccc1. The third-order valence-electron chi connectivity index (χ3n) is 2.96. The van der Waals surface area contributed by atoms with Gasteiger partial charge in [-0.1, -0.05) is 60.7 Å². The predicted molar refractivity (Wildman–Crippen MR) is 86.3 cm³/mol. The Balaban J connectivity index is 2.03. The van der Waals surface area contributed by atoms with E-state index < -0.39 is 0 Å². The lowest BCUT2D eigenvalue weighted by Gasteiger charge is -2.13. The van der Waals surface area contributed by atoms with Gasteiger partial charge in [0.25, 0.3) is 5.91 Å². The fraction of sp³-hybridized carbons (Fsp3) is 0.118. The summed E-state index contributed by atoms with van der Waals surface area (Å²) in [6.07, 6.45) is 1.81. The molecule has 0 saturated heterocycles. The van der Waals surface area contributed by atoms with Crippen molar-refractivity contribution in [2.45, 2.75) is 13.0 Å². The number of rotatable bonds is 4. The van der Waals surface area contributed by atoms with Gasteiger partial charge in [-0.15, -0.1) is 0 Å². The van der Waals surface area contributed by atoms with Crippen molar-refractivity contribution in [2.24, 2.45) is 0 Å². The maximum absolute atomic E-state index is 12.1. The Morgan fingerprint density at radius 1 is 1.05 bits per heavy atom. The van der Waals surface area contributed by atoms with E-state index in [1.165, 1.54) is 0 Å². The van der Waals surface area contributed by atoms with Crippen LogP contribution < -0.4 is 5.32 Å². The summed E-state index contributed by atoms with van der Waals surface area (Å²) in [5.41, 5.74) is 2.07. The summed E-state index contributed by atoms with van der Waals surface area (Å²) in [6, 6.07) is 19.6. The van der Waals surface area contributed by atoms with E-state index in [0.29, 0.717) is 4.48 Å². The van der Waals surface area contributed by atoms with Crippen LogP contribution in [0.3, 0.4) is 0 Å². The van der Waals surface area contributed by atoms with E-state index in [1.54, 1.807) is 0 Å². The van der Waals surface area contributed by atoms with Gasteiger partial charge in [-0.2, -0.15) is 0 Å². The van der Waals surface area contributed by atoms with Crippen LogP contribution in [-0.4, -0.2) is 5.91 Å². The van der Waals surface area contributed by atoms with Gasteiger partial charge in [0.1, 0.15) is 0 Å². The fourth-order valence-corrected chi connectivity index (χ4v) is 2.23. The molecule has 2 nitrogen and oxygen atoms in total. The molecule has 0 spiro atoms. The van der Waals surface area contributed by atoms with Crippen LogP contribution in [0, 0.1) is 0 Å². The van der Waals surface area contributed by atoms with E-state index in [0.717, 1.165) is 11.1 Å². The first-order valence-corrected chi connectivity index (χ1v) is 7.24. The molecule has 0 heterocycles. The van der Waals surface area contributed by atoms with Gasteiger partial charge in [-0.25, -0.2) is 0 Å². The lowest BCUT2D eigenvalue weighted by Crippen LogP contribution is -2.26. The van der Waals surface area contributed by atoms with Crippen molar-refractivity contribution in [3.8, 4) is 0 Å². The molecule has 0 unspecified atom stereocenters. The molecule has 0 radical (unpaired) electrons. The highest BCUT2D eigenvalue weighted by molar-refractivity contribution is 9.12. The van der Waals surface area contributed by atoms with E-state index in [9.17, 15) is 4.79 Å². The minimum Gasteiger partial charge on any atom is -0.345 e. The summed E-state index contributed by atoms with van der Waals surface area (Å²) in [6.45, 7) is 1.97. The molecule has 20 heavy (non-hydrogen) atoms. The van der Waals surface area contributed by atoms with Crippen LogP contribution >= 0.6 is 15.9 Å². The molecule has 1 N–H and O–H groups in total. The summed E-state index contributed by atoms with van der Waals surface area (Å²) < 4.78 is 0.520. The van der Waals surface area contributed by atoms with Crippen molar-refractivity contribution in [1.29, 1.82) is 0 Å². The summed E-state index contributed by atoms with van der Waals surface area (Å²) in [5.74, 6) is -0.120. The first kappa shape index (κ1) is 14.5. The minimum atomic E-state index is -0.120. The van der Waals surface area contributed by atoms with Gasteiger partial charge >= 0.3 is 0 Å². The van der Waals surface area contributed by atoms with E-state index in [2.05, 4.69) is 21.2 Å². The van der Waals surface area contributed by atoms with Crippen LogP contribution in [-0.2, 0) is 4.79 Å². The number of amides is 1. The maximum atomic E-state index is 12.1. The zero-order valence-corrected chi connectivity index (χ0v) is 12.8. The standard InChI is InChI=1S/C17H16BrNO/c1-13(15-10-6-3-7-11-15)19-17(20)16(18)12-14-8-4-2-5-9-14/h2-13H,1H3,(H,19,20)/b16-12-/t13-/m1/s1. The first-order valence-electron chi connectivity index (χ1n) is 6.45. The van der Waals surface area contributed by atoms with Gasteiger partial charge in [-0.05, 0) is 40.1 Å². The second-order valence-corrected chi connectivity index (χ2v) is 5.36. The largest absolute Gasteiger partial charge is 0.345 e. The molecule has 1 atom stereocenters. The van der Waals surface area contributed by atoms with E-state index in [-0.39, 0.29) is 11.9 Å². The average molecular weight is 330 g/mol. The Bertz CT molecular complexity index is 593.